The Hall–Kier alpha value is -2.05. The van der Waals surface area contributed by atoms with Gasteiger partial charge in [-0.1, -0.05) is 23.7 Å². The molecule has 3 nitrogen and oxygen atoms in total. The number of methoxy groups -OCH3 is 1. The lowest BCUT2D eigenvalue weighted by Crippen LogP contribution is -2.50. The number of aromatic nitrogens is 1. The lowest BCUT2D eigenvalue weighted by atomic mass is 9.86. The second-order valence-electron chi connectivity index (χ2n) is 5.51. The van der Waals surface area contributed by atoms with Crippen molar-refractivity contribution in [2.24, 2.45) is 0 Å². The van der Waals surface area contributed by atoms with Crippen LogP contribution in [0.4, 0.5) is 8.63 Å². The van der Waals surface area contributed by atoms with Crippen LogP contribution in [-0.4, -0.2) is 28.2 Å². The van der Waals surface area contributed by atoms with Gasteiger partial charge in [0.25, 0.3) is 0 Å². The fourth-order valence-corrected chi connectivity index (χ4v) is 3.73. The van der Waals surface area contributed by atoms with Crippen molar-refractivity contribution in [3.05, 3.63) is 70.7 Å². The van der Waals surface area contributed by atoms with Gasteiger partial charge in [0.2, 0.25) is 5.17 Å². The van der Waals surface area contributed by atoms with Gasteiger partial charge in [-0.3, -0.25) is 0 Å². The molecule has 0 bridgehead atoms. The number of allylic oxidation sites excluding steroid dienone is 2. The maximum absolute atomic E-state index is 15.0. The molecule has 0 spiro atoms. The number of hydrogen-bond donors (Lipinski definition) is 0. The molecule has 0 saturated carbocycles. The van der Waals surface area contributed by atoms with E-state index < -0.39 is 6.97 Å². The summed E-state index contributed by atoms with van der Waals surface area (Å²) in [4.78, 5) is 0. The average Bonchev–Trinajstić information content (AvgIpc) is 3.13. The maximum atomic E-state index is 15.0. The molecule has 2 aliphatic rings. The topological polar surface area (TPSA) is 17.2 Å². The van der Waals surface area contributed by atoms with E-state index in [0.29, 0.717) is 22.7 Å². The van der Waals surface area contributed by atoms with Gasteiger partial charge in [0.1, 0.15) is 5.75 Å². The predicted octanol–water partition coefficient (Wildman–Crippen LogP) is 4.37. The van der Waals surface area contributed by atoms with Gasteiger partial charge in [-0.15, -0.1) is 0 Å². The standard InChI is InChI=1S/C16H11BCl2F2N2O/c1-24-11-4-2-10(3-5-11)16-12-6-8-14(18)22(12)17(20,21)23-13(16)7-9-15(23)19/h2-9H,1H3. The summed E-state index contributed by atoms with van der Waals surface area (Å²) in [5.41, 5.74) is 2.13. The van der Waals surface area contributed by atoms with Crippen LogP contribution in [-0.2, 0) is 0 Å². The lowest BCUT2D eigenvalue weighted by Gasteiger charge is -2.31. The summed E-state index contributed by atoms with van der Waals surface area (Å²) in [6.45, 7) is -4.15. The van der Waals surface area contributed by atoms with Crippen LogP contribution in [0.3, 0.4) is 0 Å². The Morgan fingerprint density at radius 2 is 1.75 bits per heavy atom. The number of hydrogen-bond acceptors (Lipinski definition) is 1. The van der Waals surface area contributed by atoms with Gasteiger partial charge < -0.3 is 22.3 Å². The third-order valence-corrected chi connectivity index (χ3v) is 4.87. The van der Waals surface area contributed by atoms with Crippen LogP contribution in [0, 0.1) is 0 Å². The van der Waals surface area contributed by atoms with E-state index in [0.717, 1.165) is 14.5 Å². The Bertz CT molecular complexity index is 945. The van der Waals surface area contributed by atoms with Crippen molar-refractivity contribution in [1.82, 2.24) is 4.48 Å². The molecule has 0 fully saturated rings. The zero-order valence-electron chi connectivity index (χ0n) is 12.5. The Morgan fingerprint density at radius 3 is 2.42 bits per heavy atom. The van der Waals surface area contributed by atoms with Crippen molar-refractivity contribution in [2.45, 2.75) is 0 Å². The van der Waals surface area contributed by atoms with Crippen molar-refractivity contribution >= 4 is 40.9 Å². The molecule has 122 valence electrons. The third kappa shape index (κ3) is 1.99. The van der Waals surface area contributed by atoms with Gasteiger partial charge >= 0.3 is 6.97 Å². The van der Waals surface area contributed by atoms with Gasteiger partial charge in [0.15, 0.2) is 5.70 Å². The van der Waals surface area contributed by atoms with E-state index in [1.807, 2.05) is 12.1 Å². The summed E-state index contributed by atoms with van der Waals surface area (Å²) >= 11 is 12.1. The number of benzene rings is 1. The minimum atomic E-state index is -4.15. The van der Waals surface area contributed by atoms with Crippen LogP contribution in [0.15, 0.2) is 54.2 Å². The van der Waals surface area contributed by atoms with Gasteiger partial charge in [-0.2, -0.15) is 0 Å². The molecule has 1 aromatic carbocycles. The largest absolute Gasteiger partial charge is 0.739 e. The van der Waals surface area contributed by atoms with Gasteiger partial charge in [-0.25, -0.2) is 0 Å². The second kappa shape index (κ2) is 5.23. The van der Waals surface area contributed by atoms with Crippen LogP contribution in [0.1, 0.15) is 11.3 Å². The van der Waals surface area contributed by atoms with Crippen LogP contribution in [0.5, 0.6) is 5.75 Å². The van der Waals surface area contributed by atoms with Gasteiger partial charge in [0, 0.05) is 17.8 Å². The summed E-state index contributed by atoms with van der Waals surface area (Å²) in [5, 5.41) is -0.0622. The number of halogens is 4. The molecule has 2 aromatic rings. The van der Waals surface area contributed by atoms with Crippen LogP contribution in [0.2, 0.25) is 5.15 Å². The molecular formula is C16H11BCl2F2N2O. The Kier molecular flexibility index (Phi) is 3.37. The van der Waals surface area contributed by atoms with Crippen molar-refractivity contribution in [3.63, 3.8) is 0 Å². The first-order chi connectivity index (χ1) is 11.4. The second-order valence-corrected chi connectivity index (χ2v) is 6.29. The first kappa shape index (κ1) is 15.5. The highest BCUT2D eigenvalue weighted by molar-refractivity contribution is 6.71. The van der Waals surface area contributed by atoms with Gasteiger partial charge in [0.05, 0.1) is 17.8 Å². The van der Waals surface area contributed by atoms with Crippen molar-refractivity contribution in [2.75, 3.05) is 7.11 Å². The van der Waals surface area contributed by atoms with Crippen molar-refractivity contribution in [3.8, 4) is 5.75 Å². The molecule has 3 heterocycles. The fraction of sp³-hybridized carbons (Fsp3) is 0.0625. The first-order valence-electron chi connectivity index (χ1n) is 7.23. The van der Waals surface area contributed by atoms with E-state index in [-0.39, 0.29) is 10.3 Å². The van der Waals surface area contributed by atoms with Crippen LogP contribution < -0.4 is 4.74 Å². The molecule has 0 unspecified atom stereocenters. The lowest BCUT2D eigenvalue weighted by molar-refractivity contribution is -0.358. The number of ether oxygens (including phenoxy) is 1. The molecule has 4 rings (SSSR count). The number of rotatable bonds is 2. The van der Waals surface area contributed by atoms with E-state index in [9.17, 15) is 8.63 Å². The smallest absolute Gasteiger partial charge is 0.497 e. The van der Waals surface area contributed by atoms with Crippen molar-refractivity contribution in [1.29, 1.82) is 0 Å². The monoisotopic (exact) mass is 366 g/mol. The Labute approximate surface area is 147 Å². The molecule has 8 heteroatoms. The maximum Gasteiger partial charge on any atom is 0.739 e. The summed E-state index contributed by atoms with van der Waals surface area (Å²) in [5.74, 6) is 0.687. The molecule has 1 aromatic heterocycles. The Balaban J connectivity index is 2.04. The molecular weight excluding hydrogens is 356 g/mol. The van der Waals surface area contributed by atoms with Gasteiger partial charge in [-0.05, 0) is 41.4 Å². The third-order valence-electron chi connectivity index (χ3n) is 4.25. The quantitative estimate of drug-likeness (QED) is 0.721. The molecule has 24 heavy (non-hydrogen) atoms. The van der Waals surface area contributed by atoms with E-state index in [2.05, 4.69) is 0 Å². The molecule has 2 aliphatic heterocycles. The molecule has 0 radical (unpaired) electrons. The summed E-state index contributed by atoms with van der Waals surface area (Å²) < 4.78 is 36.8. The molecule has 0 aliphatic carbocycles. The highest BCUT2D eigenvalue weighted by atomic mass is 35.5. The molecule has 0 N–H and O–H groups in total. The summed E-state index contributed by atoms with van der Waals surface area (Å²) in [6, 6.07) is 10.3. The fourth-order valence-electron chi connectivity index (χ4n) is 3.19. The highest BCUT2D eigenvalue weighted by Gasteiger charge is 2.54. The van der Waals surface area contributed by atoms with E-state index >= 15 is 0 Å². The highest BCUT2D eigenvalue weighted by Crippen LogP contribution is 2.41. The molecule has 0 amide bonds. The zero-order chi connectivity index (χ0) is 17.1. The molecule has 0 atom stereocenters. The predicted molar refractivity (Wildman–Crippen MR) is 92.1 cm³/mol. The van der Waals surface area contributed by atoms with Crippen LogP contribution in [0.25, 0.3) is 5.57 Å². The van der Waals surface area contributed by atoms with Crippen LogP contribution >= 0.6 is 23.2 Å². The van der Waals surface area contributed by atoms with E-state index in [4.69, 9.17) is 27.9 Å². The minimum absolute atomic E-state index is 0.0311. The average molecular weight is 367 g/mol. The number of fused-ring (bicyclic) bond motifs is 2. The van der Waals surface area contributed by atoms with Crippen molar-refractivity contribution < 1.29 is 17.9 Å². The van der Waals surface area contributed by atoms with E-state index in [1.54, 1.807) is 31.4 Å². The first-order valence-corrected chi connectivity index (χ1v) is 7.99. The summed E-state index contributed by atoms with van der Waals surface area (Å²) in [6.07, 6.45) is 3.07. The SMILES string of the molecule is COc1ccc(C2=C3C=CC(Cl)=[N+]3[B-](F)(F)n3c(Cl)ccc32)cc1. The normalized spacial score (nSPS) is 18.0. The summed E-state index contributed by atoms with van der Waals surface area (Å²) in [7, 11) is 1.57. The van der Waals surface area contributed by atoms with E-state index in [1.165, 1.54) is 12.1 Å². The molecule has 0 saturated heterocycles. The zero-order valence-corrected chi connectivity index (χ0v) is 14.0. The minimum Gasteiger partial charge on any atom is -0.497 e. The Morgan fingerprint density at radius 1 is 1.04 bits per heavy atom. The number of nitrogens with zero attached hydrogens (tertiary/aromatic N) is 2.